The molecule has 0 radical (unpaired) electrons. The fourth-order valence-electron chi connectivity index (χ4n) is 4.58. The zero-order chi connectivity index (χ0) is 24.4. The lowest BCUT2D eigenvalue weighted by Crippen LogP contribution is -2.28. The van der Waals surface area contributed by atoms with Crippen molar-refractivity contribution in [2.24, 2.45) is 5.73 Å². The second kappa shape index (κ2) is 9.50. The van der Waals surface area contributed by atoms with Crippen molar-refractivity contribution in [3.05, 3.63) is 83.2 Å². The van der Waals surface area contributed by atoms with Crippen LogP contribution in [0, 0.1) is 6.92 Å². The standard InChI is InChI=1S/C27H28N6O2/c1-17-13-19(7-8-20(17)27(35)33-11-2-3-12-33)32-25-14-24(22(16-31-25)26(28)34)30-15-18-5-4-6-23-21(18)9-10-29-23/h4-10,13-14,16,29H,2-3,11-12,15H2,1H3,(H2,28,34)(H2,30,31,32). The smallest absolute Gasteiger partial charge is 0.254 e. The lowest BCUT2D eigenvalue weighted by Gasteiger charge is -2.17. The molecule has 2 amide bonds. The molecule has 0 unspecified atom stereocenters. The Bertz CT molecular complexity index is 1400. The number of aromatic amines is 1. The van der Waals surface area contributed by atoms with E-state index >= 15 is 0 Å². The molecule has 0 aliphatic carbocycles. The highest BCUT2D eigenvalue weighted by atomic mass is 16.2. The predicted octanol–water partition coefficient (Wildman–Crippen LogP) is 4.56. The number of hydrogen-bond acceptors (Lipinski definition) is 5. The molecule has 8 heteroatoms. The van der Waals surface area contributed by atoms with E-state index in [0.29, 0.717) is 23.6 Å². The summed E-state index contributed by atoms with van der Waals surface area (Å²) in [7, 11) is 0. The molecule has 1 saturated heterocycles. The van der Waals surface area contributed by atoms with Crippen LogP contribution in [0.3, 0.4) is 0 Å². The maximum atomic E-state index is 12.8. The lowest BCUT2D eigenvalue weighted by atomic mass is 10.1. The van der Waals surface area contributed by atoms with Crippen LogP contribution >= 0.6 is 0 Å². The number of pyridine rings is 1. The molecule has 0 bridgehead atoms. The van der Waals surface area contributed by atoms with Crippen LogP contribution in [0.2, 0.25) is 0 Å². The molecule has 4 aromatic rings. The number of primary amides is 1. The summed E-state index contributed by atoms with van der Waals surface area (Å²) in [6.07, 6.45) is 5.51. The van der Waals surface area contributed by atoms with Crippen molar-refractivity contribution >= 4 is 39.9 Å². The number of carbonyl (C=O) groups excluding carboxylic acids is 2. The highest BCUT2D eigenvalue weighted by molar-refractivity contribution is 5.99. The number of anilines is 3. The van der Waals surface area contributed by atoms with Crippen LogP contribution in [0.25, 0.3) is 10.9 Å². The molecule has 2 aromatic heterocycles. The summed E-state index contributed by atoms with van der Waals surface area (Å²) in [5, 5.41) is 7.74. The van der Waals surface area contributed by atoms with Gasteiger partial charge in [-0.25, -0.2) is 4.98 Å². The van der Waals surface area contributed by atoms with Gasteiger partial charge in [0.25, 0.3) is 11.8 Å². The Kier molecular flexibility index (Phi) is 6.10. The first-order valence-electron chi connectivity index (χ1n) is 11.8. The van der Waals surface area contributed by atoms with Crippen molar-refractivity contribution in [1.82, 2.24) is 14.9 Å². The third-order valence-electron chi connectivity index (χ3n) is 6.45. The maximum Gasteiger partial charge on any atom is 0.254 e. The van der Waals surface area contributed by atoms with Crippen molar-refractivity contribution < 1.29 is 9.59 Å². The Morgan fingerprint density at radius 3 is 2.69 bits per heavy atom. The summed E-state index contributed by atoms with van der Waals surface area (Å²) in [4.78, 5) is 34.3. The van der Waals surface area contributed by atoms with E-state index in [1.807, 2.05) is 60.5 Å². The summed E-state index contributed by atoms with van der Waals surface area (Å²) >= 11 is 0. The minimum absolute atomic E-state index is 0.0828. The van der Waals surface area contributed by atoms with Crippen LogP contribution in [0.1, 0.15) is 44.7 Å². The van der Waals surface area contributed by atoms with E-state index < -0.39 is 5.91 Å². The topological polar surface area (TPSA) is 116 Å². The van der Waals surface area contributed by atoms with Crippen LogP contribution in [-0.2, 0) is 6.54 Å². The first-order chi connectivity index (χ1) is 17.0. The zero-order valence-corrected chi connectivity index (χ0v) is 19.6. The molecule has 35 heavy (non-hydrogen) atoms. The van der Waals surface area contributed by atoms with E-state index in [1.165, 1.54) is 6.20 Å². The van der Waals surface area contributed by atoms with Gasteiger partial charge in [-0.2, -0.15) is 0 Å². The number of amides is 2. The number of carbonyl (C=O) groups is 2. The zero-order valence-electron chi connectivity index (χ0n) is 19.6. The van der Waals surface area contributed by atoms with Gasteiger partial charge in [0.15, 0.2) is 0 Å². The van der Waals surface area contributed by atoms with E-state index in [1.54, 1.807) is 6.07 Å². The third kappa shape index (κ3) is 4.68. The minimum atomic E-state index is -0.549. The summed E-state index contributed by atoms with van der Waals surface area (Å²) in [5.41, 5.74) is 11.1. The van der Waals surface area contributed by atoms with Crippen LogP contribution in [0.15, 0.2) is 60.9 Å². The molecule has 0 spiro atoms. The Hall–Kier alpha value is -4.33. The summed E-state index contributed by atoms with van der Waals surface area (Å²) < 4.78 is 0. The molecule has 3 heterocycles. The first kappa shape index (κ1) is 22.5. The van der Waals surface area contributed by atoms with Crippen molar-refractivity contribution in [3.63, 3.8) is 0 Å². The number of fused-ring (bicyclic) bond motifs is 1. The van der Waals surface area contributed by atoms with E-state index in [-0.39, 0.29) is 5.91 Å². The van der Waals surface area contributed by atoms with Gasteiger partial charge in [-0.3, -0.25) is 9.59 Å². The van der Waals surface area contributed by atoms with E-state index in [2.05, 4.69) is 20.6 Å². The van der Waals surface area contributed by atoms with Gasteiger partial charge >= 0.3 is 0 Å². The Morgan fingerprint density at radius 2 is 1.91 bits per heavy atom. The normalized spacial score (nSPS) is 13.2. The van der Waals surface area contributed by atoms with Crippen LogP contribution < -0.4 is 16.4 Å². The molecule has 1 aliphatic rings. The van der Waals surface area contributed by atoms with Crippen LogP contribution in [0.4, 0.5) is 17.2 Å². The Labute approximate surface area is 203 Å². The molecule has 5 N–H and O–H groups in total. The van der Waals surface area contributed by atoms with Gasteiger partial charge in [0, 0.05) is 60.2 Å². The second-order valence-corrected chi connectivity index (χ2v) is 8.84. The number of likely N-dealkylation sites (tertiary alicyclic amines) is 1. The molecule has 178 valence electrons. The number of rotatable bonds is 7. The second-order valence-electron chi connectivity index (χ2n) is 8.84. The number of hydrogen-bond donors (Lipinski definition) is 4. The lowest BCUT2D eigenvalue weighted by molar-refractivity contribution is 0.0792. The van der Waals surface area contributed by atoms with Gasteiger partial charge in [-0.15, -0.1) is 0 Å². The van der Waals surface area contributed by atoms with Gasteiger partial charge < -0.3 is 26.3 Å². The monoisotopic (exact) mass is 468 g/mol. The number of benzene rings is 2. The highest BCUT2D eigenvalue weighted by Crippen LogP contribution is 2.26. The molecule has 8 nitrogen and oxygen atoms in total. The first-order valence-corrected chi connectivity index (χ1v) is 11.8. The number of nitrogens with two attached hydrogens (primary N) is 1. The molecular formula is C27H28N6O2. The molecular weight excluding hydrogens is 440 g/mol. The van der Waals surface area contributed by atoms with E-state index in [4.69, 9.17) is 5.73 Å². The fourth-order valence-corrected chi connectivity index (χ4v) is 4.58. The van der Waals surface area contributed by atoms with Crippen molar-refractivity contribution in [2.45, 2.75) is 26.3 Å². The number of aromatic nitrogens is 2. The van der Waals surface area contributed by atoms with Gasteiger partial charge in [-0.05, 0) is 61.2 Å². The third-order valence-corrected chi connectivity index (χ3v) is 6.45. The quantitative estimate of drug-likeness (QED) is 0.317. The molecule has 0 saturated carbocycles. The van der Waals surface area contributed by atoms with Gasteiger partial charge in [0.1, 0.15) is 5.82 Å². The number of nitrogens with one attached hydrogen (secondary N) is 3. The number of nitrogens with zero attached hydrogens (tertiary/aromatic N) is 2. The SMILES string of the molecule is Cc1cc(Nc2cc(NCc3cccc4[nH]ccc34)c(C(N)=O)cn2)ccc1C(=O)N1CCCC1. The van der Waals surface area contributed by atoms with Crippen LogP contribution in [-0.4, -0.2) is 39.8 Å². The Morgan fingerprint density at radius 1 is 1.09 bits per heavy atom. The predicted molar refractivity (Wildman–Crippen MR) is 138 cm³/mol. The summed E-state index contributed by atoms with van der Waals surface area (Å²) in [6.45, 7) is 4.10. The molecule has 1 fully saturated rings. The molecule has 1 aliphatic heterocycles. The molecule has 0 atom stereocenters. The van der Waals surface area contributed by atoms with Crippen molar-refractivity contribution in [2.75, 3.05) is 23.7 Å². The average molecular weight is 469 g/mol. The fraction of sp³-hybridized carbons (Fsp3) is 0.222. The van der Waals surface area contributed by atoms with Gasteiger partial charge in [0.2, 0.25) is 0 Å². The van der Waals surface area contributed by atoms with E-state index in [0.717, 1.165) is 59.2 Å². The minimum Gasteiger partial charge on any atom is -0.380 e. The van der Waals surface area contributed by atoms with Crippen LogP contribution in [0.5, 0.6) is 0 Å². The highest BCUT2D eigenvalue weighted by Gasteiger charge is 2.21. The largest absolute Gasteiger partial charge is 0.380 e. The Balaban J connectivity index is 1.35. The van der Waals surface area contributed by atoms with Gasteiger partial charge in [-0.1, -0.05) is 12.1 Å². The number of aryl methyl sites for hydroxylation is 1. The molecule has 5 rings (SSSR count). The molecule has 2 aromatic carbocycles. The van der Waals surface area contributed by atoms with E-state index in [9.17, 15) is 9.59 Å². The van der Waals surface area contributed by atoms with Gasteiger partial charge in [0.05, 0.1) is 11.3 Å². The summed E-state index contributed by atoms with van der Waals surface area (Å²) in [5.74, 6) is 0.0989. The summed E-state index contributed by atoms with van der Waals surface area (Å²) in [6, 6.07) is 15.5. The maximum absolute atomic E-state index is 12.8. The number of H-pyrrole nitrogens is 1. The van der Waals surface area contributed by atoms with Crippen molar-refractivity contribution in [3.8, 4) is 0 Å². The average Bonchev–Trinajstić information content (AvgIpc) is 3.55. The van der Waals surface area contributed by atoms with Crippen molar-refractivity contribution in [1.29, 1.82) is 0 Å².